The lowest BCUT2D eigenvalue weighted by Crippen LogP contribution is -2.44. The van der Waals surface area contributed by atoms with Gasteiger partial charge in [-0.15, -0.1) is 12.4 Å². The maximum Gasteiger partial charge on any atom is 0.0744 e. The fraction of sp³-hybridized carbons (Fsp3) is 1.00. The highest BCUT2D eigenvalue weighted by molar-refractivity contribution is 5.85. The summed E-state index contributed by atoms with van der Waals surface area (Å²) in [6.07, 6.45) is 2.40. The van der Waals surface area contributed by atoms with Crippen molar-refractivity contribution in [2.24, 2.45) is 11.7 Å². The second kappa shape index (κ2) is 3.07. The van der Waals surface area contributed by atoms with Gasteiger partial charge in [0.2, 0.25) is 0 Å². The highest BCUT2D eigenvalue weighted by Gasteiger charge is 2.37. The van der Waals surface area contributed by atoms with E-state index in [9.17, 15) is 5.11 Å². The zero-order valence-corrected chi connectivity index (χ0v) is 7.32. The van der Waals surface area contributed by atoms with Gasteiger partial charge in [0, 0.05) is 6.04 Å². The third-order valence-corrected chi connectivity index (χ3v) is 1.95. The molecule has 0 bridgehead atoms. The molecule has 10 heavy (non-hydrogen) atoms. The quantitative estimate of drug-likeness (QED) is 0.639. The summed E-state index contributed by atoms with van der Waals surface area (Å²) in [5.41, 5.74) is 5.03. The zero-order valence-electron chi connectivity index (χ0n) is 6.50. The average Bonchev–Trinajstić information content (AvgIpc) is 2.40. The van der Waals surface area contributed by atoms with Gasteiger partial charge in [0.25, 0.3) is 0 Å². The van der Waals surface area contributed by atoms with Crippen LogP contribution < -0.4 is 5.73 Å². The van der Waals surface area contributed by atoms with Gasteiger partial charge in [-0.25, -0.2) is 0 Å². The van der Waals surface area contributed by atoms with Crippen LogP contribution in [0.4, 0.5) is 0 Å². The molecule has 0 radical (unpaired) electrons. The summed E-state index contributed by atoms with van der Waals surface area (Å²) in [6.45, 7) is 3.55. The molecule has 1 fully saturated rings. The second-order valence-corrected chi connectivity index (χ2v) is 3.52. The molecule has 2 nitrogen and oxygen atoms in total. The lowest BCUT2D eigenvalue weighted by Gasteiger charge is -2.25. The third-order valence-electron chi connectivity index (χ3n) is 1.95. The number of hydrogen-bond donors (Lipinski definition) is 2. The van der Waals surface area contributed by atoms with Crippen molar-refractivity contribution in [3.63, 3.8) is 0 Å². The number of nitrogens with two attached hydrogens (primary N) is 1. The van der Waals surface area contributed by atoms with E-state index < -0.39 is 5.60 Å². The minimum Gasteiger partial charge on any atom is -0.389 e. The molecule has 1 saturated carbocycles. The first kappa shape index (κ1) is 10.2. The molecule has 3 heteroatoms. The zero-order chi connectivity index (χ0) is 7.07. The van der Waals surface area contributed by atoms with Gasteiger partial charge in [0.15, 0.2) is 0 Å². The summed E-state index contributed by atoms with van der Waals surface area (Å²) in [5, 5.41) is 9.37. The number of rotatable bonds is 2. The molecule has 0 unspecified atom stereocenters. The van der Waals surface area contributed by atoms with Gasteiger partial charge < -0.3 is 10.8 Å². The maximum atomic E-state index is 9.37. The van der Waals surface area contributed by atoms with Crippen LogP contribution in [0.5, 0.6) is 0 Å². The number of aliphatic hydroxyl groups is 1. The smallest absolute Gasteiger partial charge is 0.0744 e. The van der Waals surface area contributed by atoms with Crippen LogP contribution in [0.2, 0.25) is 0 Å². The van der Waals surface area contributed by atoms with Crippen molar-refractivity contribution in [3.05, 3.63) is 0 Å². The average molecular weight is 166 g/mol. The van der Waals surface area contributed by atoms with Gasteiger partial charge in [0.1, 0.15) is 0 Å². The van der Waals surface area contributed by atoms with Gasteiger partial charge in [-0.2, -0.15) is 0 Å². The van der Waals surface area contributed by atoms with Gasteiger partial charge in [0.05, 0.1) is 5.60 Å². The maximum absolute atomic E-state index is 9.37. The summed E-state index contributed by atoms with van der Waals surface area (Å²) < 4.78 is 0. The summed E-state index contributed by atoms with van der Waals surface area (Å²) in [7, 11) is 0. The molecule has 0 amide bonds. The van der Waals surface area contributed by atoms with Crippen LogP contribution in [-0.4, -0.2) is 16.7 Å². The van der Waals surface area contributed by atoms with Crippen LogP contribution in [0, 0.1) is 5.92 Å². The molecule has 1 aliphatic carbocycles. The molecular weight excluding hydrogens is 150 g/mol. The molecule has 62 valence electrons. The van der Waals surface area contributed by atoms with Crippen LogP contribution in [0.1, 0.15) is 26.7 Å². The molecular formula is C7H16ClNO. The first-order valence-corrected chi connectivity index (χ1v) is 3.50. The topological polar surface area (TPSA) is 46.2 Å². The summed E-state index contributed by atoms with van der Waals surface area (Å²) in [5.74, 6) is 0.588. The molecule has 0 spiro atoms. The third kappa shape index (κ3) is 2.45. The van der Waals surface area contributed by atoms with E-state index in [0.717, 1.165) is 0 Å². The lowest BCUT2D eigenvalue weighted by molar-refractivity contribution is 0.0445. The van der Waals surface area contributed by atoms with Crippen molar-refractivity contribution in [1.82, 2.24) is 0 Å². The molecule has 0 aromatic heterocycles. The number of hydrogen-bond acceptors (Lipinski definition) is 2. The Hall–Kier alpha value is 0.210. The first-order valence-electron chi connectivity index (χ1n) is 3.50. The molecule has 0 saturated heterocycles. The van der Waals surface area contributed by atoms with Crippen molar-refractivity contribution in [2.45, 2.75) is 38.3 Å². The molecule has 0 heterocycles. The molecule has 1 atom stereocenters. The minimum atomic E-state index is -0.679. The lowest BCUT2D eigenvalue weighted by atomic mass is 9.96. The Morgan fingerprint density at radius 1 is 1.50 bits per heavy atom. The van der Waals surface area contributed by atoms with E-state index in [4.69, 9.17) is 5.73 Å². The highest BCUT2D eigenvalue weighted by Crippen LogP contribution is 2.35. The van der Waals surface area contributed by atoms with Crippen LogP contribution >= 0.6 is 12.4 Å². The first-order chi connectivity index (χ1) is 4.02. The SMILES string of the molecule is CC(C)(O)[C@H](N)C1CC1.Cl. The molecule has 1 rings (SSSR count). The van der Waals surface area contributed by atoms with Crippen molar-refractivity contribution < 1.29 is 5.11 Å². The molecule has 0 aromatic rings. The second-order valence-electron chi connectivity index (χ2n) is 3.52. The van der Waals surface area contributed by atoms with Crippen LogP contribution in [0.15, 0.2) is 0 Å². The van der Waals surface area contributed by atoms with Crippen molar-refractivity contribution in [2.75, 3.05) is 0 Å². The Kier molecular flexibility index (Phi) is 3.14. The van der Waals surface area contributed by atoms with Gasteiger partial charge in [-0.05, 0) is 32.6 Å². The van der Waals surface area contributed by atoms with Crippen LogP contribution in [0.25, 0.3) is 0 Å². The summed E-state index contributed by atoms with van der Waals surface area (Å²) in [6, 6.07) is -0.0162. The molecule has 1 aliphatic rings. The van der Waals surface area contributed by atoms with E-state index in [-0.39, 0.29) is 18.4 Å². The predicted molar refractivity (Wildman–Crippen MR) is 44.2 cm³/mol. The van der Waals surface area contributed by atoms with Crippen molar-refractivity contribution in [3.8, 4) is 0 Å². The monoisotopic (exact) mass is 165 g/mol. The Morgan fingerprint density at radius 2 is 1.90 bits per heavy atom. The van der Waals surface area contributed by atoms with E-state index in [0.29, 0.717) is 5.92 Å². The number of halogens is 1. The Balaban J connectivity index is 0.000000810. The van der Waals surface area contributed by atoms with Crippen molar-refractivity contribution in [1.29, 1.82) is 0 Å². The van der Waals surface area contributed by atoms with E-state index >= 15 is 0 Å². The van der Waals surface area contributed by atoms with Gasteiger partial charge in [-0.3, -0.25) is 0 Å². The highest BCUT2D eigenvalue weighted by atomic mass is 35.5. The van der Waals surface area contributed by atoms with E-state index in [1.165, 1.54) is 12.8 Å². The van der Waals surface area contributed by atoms with Crippen LogP contribution in [-0.2, 0) is 0 Å². The normalized spacial score (nSPS) is 21.6. The Labute approximate surface area is 68.2 Å². The van der Waals surface area contributed by atoms with E-state index in [1.807, 2.05) is 0 Å². The molecule has 3 N–H and O–H groups in total. The standard InChI is InChI=1S/C7H15NO.ClH/c1-7(2,9)6(8)5-3-4-5;/h5-6,9H,3-4,8H2,1-2H3;1H/t6-;/m1./s1. The summed E-state index contributed by atoms with van der Waals surface area (Å²) >= 11 is 0. The van der Waals surface area contributed by atoms with E-state index in [1.54, 1.807) is 13.8 Å². The van der Waals surface area contributed by atoms with Crippen molar-refractivity contribution >= 4 is 12.4 Å². The van der Waals surface area contributed by atoms with E-state index in [2.05, 4.69) is 0 Å². The largest absolute Gasteiger partial charge is 0.389 e. The Bertz CT molecular complexity index is 107. The fourth-order valence-electron chi connectivity index (χ4n) is 1.03. The molecule has 0 aromatic carbocycles. The van der Waals surface area contributed by atoms with Gasteiger partial charge in [-0.1, -0.05) is 0 Å². The summed E-state index contributed by atoms with van der Waals surface area (Å²) in [4.78, 5) is 0. The Morgan fingerprint density at radius 3 is 2.00 bits per heavy atom. The molecule has 0 aliphatic heterocycles. The van der Waals surface area contributed by atoms with Crippen LogP contribution in [0.3, 0.4) is 0 Å². The van der Waals surface area contributed by atoms with Gasteiger partial charge >= 0.3 is 0 Å². The minimum absolute atomic E-state index is 0. The predicted octanol–water partition coefficient (Wildman–Crippen LogP) is 0.916. The fourth-order valence-corrected chi connectivity index (χ4v) is 1.03.